The van der Waals surface area contributed by atoms with Crippen molar-refractivity contribution >= 4 is 21.7 Å². The normalized spacial score (nSPS) is 10.1. The molecule has 2 rings (SSSR count). The molecule has 80 valence electrons. The standard InChI is InChI=1S/C11H8BrN3O/c12-9-1-2-10(13-7-9)5-11(16)8-3-4-14-15-6-8/h1-4,6-7H,5H2. The molecule has 0 N–H and O–H groups in total. The van der Waals surface area contributed by atoms with Gasteiger partial charge in [0.2, 0.25) is 0 Å². The van der Waals surface area contributed by atoms with Crippen LogP contribution in [0.25, 0.3) is 0 Å². The number of nitrogens with zero attached hydrogens (tertiary/aromatic N) is 3. The van der Waals surface area contributed by atoms with E-state index in [0.717, 1.165) is 10.2 Å². The van der Waals surface area contributed by atoms with Crippen molar-refractivity contribution in [2.24, 2.45) is 0 Å². The minimum absolute atomic E-state index is 0.00952. The summed E-state index contributed by atoms with van der Waals surface area (Å²) in [6.07, 6.45) is 4.91. The van der Waals surface area contributed by atoms with E-state index >= 15 is 0 Å². The average Bonchev–Trinajstić information content (AvgIpc) is 2.33. The Balaban J connectivity index is 2.11. The highest BCUT2D eigenvalue weighted by molar-refractivity contribution is 9.10. The maximum absolute atomic E-state index is 11.8. The maximum atomic E-state index is 11.8. The molecule has 0 aliphatic heterocycles. The molecule has 4 nitrogen and oxygen atoms in total. The van der Waals surface area contributed by atoms with Crippen molar-refractivity contribution in [3.05, 3.63) is 52.5 Å². The van der Waals surface area contributed by atoms with Crippen molar-refractivity contribution in [1.29, 1.82) is 0 Å². The summed E-state index contributed by atoms with van der Waals surface area (Å²) in [6.45, 7) is 0. The van der Waals surface area contributed by atoms with E-state index in [-0.39, 0.29) is 12.2 Å². The van der Waals surface area contributed by atoms with E-state index in [1.54, 1.807) is 12.3 Å². The van der Waals surface area contributed by atoms with Gasteiger partial charge in [-0.2, -0.15) is 10.2 Å². The summed E-state index contributed by atoms with van der Waals surface area (Å²) in [6, 6.07) is 5.32. The van der Waals surface area contributed by atoms with Crippen molar-refractivity contribution in [2.75, 3.05) is 0 Å². The van der Waals surface area contributed by atoms with Gasteiger partial charge in [-0.1, -0.05) is 0 Å². The topological polar surface area (TPSA) is 55.7 Å². The fourth-order valence-electron chi connectivity index (χ4n) is 1.23. The summed E-state index contributed by atoms with van der Waals surface area (Å²) in [4.78, 5) is 15.9. The van der Waals surface area contributed by atoms with Crippen LogP contribution in [0.15, 0.2) is 41.3 Å². The lowest BCUT2D eigenvalue weighted by Crippen LogP contribution is -2.05. The molecule has 5 heteroatoms. The van der Waals surface area contributed by atoms with Crippen LogP contribution >= 0.6 is 15.9 Å². The van der Waals surface area contributed by atoms with Gasteiger partial charge in [0.05, 0.1) is 18.8 Å². The summed E-state index contributed by atoms with van der Waals surface area (Å²) in [5.74, 6) is -0.00952. The Labute approximate surface area is 101 Å². The highest BCUT2D eigenvalue weighted by Gasteiger charge is 2.07. The molecule has 0 saturated heterocycles. The van der Waals surface area contributed by atoms with Crippen molar-refractivity contribution in [2.45, 2.75) is 6.42 Å². The number of carbonyl (C=O) groups is 1. The van der Waals surface area contributed by atoms with Crippen LogP contribution in [0.4, 0.5) is 0 Å². The average molecular weight is 278 g/mol. The van der Waals surface area contributed by atoms with Gasteiger partial charge in [0.15, 0.2) is 5.78 Å². The molecule has 0 atom stereocenters. The van der Waals surface area contributed by atoms with Crippen LogP contribution in [-0.4, -0.2) is 21.0 Å². The number of rotatable bonds is 3. The Morgan fingerprint density at radius 1 is 1.19 bits per heavy atom. The largest absolute Gasteiger partial charge is 0.294 e. The number of ketones is 1. The first kappa shape index (κ1) is 10.9. The fourth-order valence-corrected chi connectivity index (χ4v) is 1.47. The minimum Gasteiger partial charge on any atom is -0.294 e. The third-order valence-corrected chi connectivity index (χ3v) is 2.51. The second-order valence-corrected chi connectivity index (χ2v) is 4.11. The number of Topliss-reactive ketones (excluding diaryl/α,β-unsaturated/α-hetero) is 1. The zero-order valence-electron chi connectivity index (χ0n) is 8.30. The molecule has 0 spiro atoms. The van der Waals surface area contributed by atoms with Crippen LogP contribution in [0.2, 0.25) is 0 Å². The third kappa shape index (κ3) is 2.70. The summed E-state index contributed by atoms with van der Waals surface area (Å²) >= 11 is 3.29. The predicted molar refractivity (Wildman–Crippen MR) is 62.0 cm³/mol. The predicted octanol–water partition coefficient (Wildman–Crippen LogP) is 2.06. The lowest BCUT2D eigenvalue weighted by atomic mass is 10.1. The molecule has 16 heavy (non-hydrogen) atoms. The lowest BCUT2D eigenvalue weighted by Gasteiger charge is -1.99. The first-order valence-corrected chi connectivity index (χ1v) is 5.45. The van der Waals surface area contributed by atoms with Crippen LogP contribution in [-0.2, 0) is 6.42 Å². The molecule has 0 aliphatic rings. The molecule has 2 heterocycles. The summed E-state index contributed by atoms with van der Waals surface area (Å²) in [5, 5.41) is 7.29. The molecule has 2 aromatic heterocycles. The summed E-state index contributed by atoms with van der Waals surface area (Å²) in [7, 11) is 0. The highest BCUT2D eigenvalue weighted by atomic mass is 79.9. The Hall–Kier alpha value is -1.62. The van der Waals surface area contributed by atoms with E-state index in [9.17, 15) is 4.79 Å². The Kier molecular flexibility index (Phi) is 3.36. The number of aromatic nitrogens is 3. The van der Waals surface area contributed by atoms with E-state index < -0.39 is 0 Å². The van der Waals surface area contributed by atoms with Crippen molar-refractivity contribution in [3.63, 3.8) is 0 Å². The van der Waals surface area contributed by atoms with E-state index in [4.69, 9.17) is 0 Å². The van der Waals surface area contributed by atoms with Crippen LogP contribution in [0, 0.1) is 0 Å². The van der Waals surface area contributed by atoms with Gasteiger partial charge in [-0.15, -0.1) is 0 Å². The van der Waals surface area contributed by atoms with Crippen molar-refractivity contribution in [1.82, 2.24) is 15.2 Å². The van der Waals surface area contributed by atoms with Crippen LogP contribution < -0.4 is 0 Å². The SMILES string of the molecule is O=C(Cc1ccc(Br)cn1)c1ccnnc1. The van der Waals surface area contributed by atoms with E-state index in [1.165, 1.54) is 12.4 Å². The van der Waals surface area contributed by atoms with Crippen molar-refractivity contribution < 1.29 is 4.79 Å². The molecule has 0 saturated carbocycles. The van der Waals surface area contributed by atoms with Crippen LogP contribution in [0.1, 0.15) is 16.1 Å². The minimum atomic E-state index is -0.00952. The van der Waals surface area contributed by atoms with Gasteiger partial charge in [0, 0.05) is 21.9 Å². The molecule has 0 aromatic carbocycles. The molecular weight excluding hydrogens is 270 g/mol. The van der Waals surface area contributed by atoms with Gasteiger partial charge in [-0.05, 0) is 34.1 Å². The zero-order valence-corrected chi connectivity index (χ0v) is 9.89. The molecule has 0 unspecified atom stereocenters. The monoisotopic (exact) mass is 277 g/mol. The number of hydrogen-bond donors (Lipinski definition) is 0. The van der Waals surface area contributed by atoms with Gasteiger partial charge in [0.25, 0.3) is 0 Å². The highest BCUT2D eigenvalue weighted by Crippen LogP contribution is 2.09. The van der Waals surface area contributed by atoms with Gasteiger partial charge < -0.3 is 0 Å². The van der Waals surface area contributed by atoms with E-state index in [0.29, 0.717) is 5.56 Å². The van der Waals surface area contributed by atoms with E-state index in [2.05, 4.69) is 31.1 Å². The molecule has 0 aliphatic carbocycles. The second kappa shape index (κ2) is 4.94. The van der Waals surface area contributed by atoms with Crippen LogP contribution in [0.3, 0.4) is 0 Å². The number of halogens is 1. The Morgan fingerprint density at radius 3 is 2.69 bits per heavy atom. The van der Waals surface area contributed by atoms with E-state index in [1.807, 2.05) is 12.1 Å². The molecular formula is C11H8BrN3O. The summed E-state index contributed by atoms with van der Waals surface area (Å²) < 4.78 is 0.897. The molecule has 0 fully saturated rings. The lowest BCUT2D eigenvalue weighted by molar-refractivity contribution is 0.0991. The smallest absolute Gasteiger partial charge is 0.170 e. The van der Waals surface area contributed by atoms with Crippen molar-refractivity contribution in [3.8, 4) is 0 Å². The fraction of sp³-hybridized carbons (Fsp3) is 0.0909. The van der Waals surface area contributed by atoms with Crippen LogP contribution in [0.5, 0.6) is 0 Å². The quantitative estimate of drug-likeness (QED) is 0.806. The number of pyridine rings is 1. The zero-order chi connectivity index (χ0) is 11.4. The number of carbonyl (C=O) groups excluding carboxylic acids is 1. The van der Waals surface area contributed by atoms with Gasteiger partial charge in [-0.25, -0.2) is 0 Å². The maximum Gasteiger partial charge on any atom is 0.170 e. The second-order valence-electron chi connectivity index (χ2n) is 3.20. The number of hydrogen-bond acceptors (Lipinski definition) is 4. The Morgan fingerprint density at radius 2 is 2.06 bits per heavy atom. The van der Waals surface area contributed by atoms with Gasteiger partial charge >= 0.3 is 0 Å². The first-order valence-electron chi connectivity index (χ1n) is 4.66. The van der Waals surface area contributed by atoms with Gasteiger partial charge in [-0.3, -0.25) is 9.78 Å². The molecule has 0 bridgehead atoms. The summed E-state index contributed by atoms with van der Waals surface area (Å²) in [5.41, 5.74) is 1.30. The third-order valence-electron chi connectivity index (χ3n) is 2.04. The first-order chi connectivity index (χ1) is 7.75. The molecule has 0 radical (unpaired) electrons. The van der Waals surface area contributed by atoms with Gasteiger partial charge in [0.1, 0.15) is 0 Å². The molecule has 0 amide bonds. The Bertz CT molecular complexity index is 484. The molecule has 2 aromatic rings.